The third-order valence-electron chi connectivity index (χ3n) is 3.00. The maximum atomic E-state index is 13.9. The summed E-state index contributed by atoms with van der Waals surface area (Å²) in [6.07, 6.45) is -0.942. The molecule has 2 rings (SSSR count). The fraction of sp³-hybridized carbons (Fsp3) is 0.200. The Balaban J connectivity index is 2.48. The van der Waals surface area contributed by atoms with Crippen LogP contribution in [-0.2, 0) is 0 Å². The lowest BCUT2D eigenvalue weighted by Gasteiger charge is -2.16. The number of hydrogen-bond donors (Lipinski definition) is 1. The van der Waals surface area contributed by atoms with Crippen molar-refractivity contribution in [3.8, 4) is 0 Å². The quantitative estimate of drug-likeness (QED) is 0.877. The van der Waals surface area contributed by atoms with Gasteiger partial charge in [-0.2, -0.15) is 0 Å². The number of benzene rings is 2. The van der Waals surface area contributed by atoms with Crippen LogP contribution in [0.25, 0.3) is 0 Å². The highest BCUT2D eigenvalue weighted by Crippen LogP contribution is 2.30. The number of aliphatic hydroxyl groups excluding tert-OH is 1. The van der Waals surface area contributed by atoms with Gasteiger partial charge in [0.05, 0.1) is 4.47 Å². The molecule has 0 heterocycles. The molecule has 2 aromatic carbocycles. The monoisotopic (exact) mass is 308 g/mol. The predicted octanol–water partition coefficient (Wildman–Crippen LogP) is 4.29. The molecule has 0 fully saturated rings. The first kappa shape index (κ1) is 13.2. The van der Waals surface area contributed by atoms with Crippen molar-refractivity contribution in [3.05, 3.63) is 68.9 Å². The number of halogens is 2. The molecule has 1 nitrogen and oxygen atoms in total. The lowest BCUT2D eigenvalue weighted by Crippen LogP contribution is -2.05. The second kappa shape index (κ2) is 5.21. The molecule has 0 saturated heterocycles. The van der Waals surface area contributed by atoms with Gasteiger partial charge in [-0.15, -0.1) is 0 Å². The second-order valence-corrected chi connectivity index (χ2v) is 5.26. The summed E-state index contributed by atoms with van der Waals surface area (Å²) in [5.41, 5.74) is 3.11. The minimum atomic E-state index is -0.942. The van der Waals surface area contributed by atoms with Crippen molar-refractivity contribution in [2.75, 3.05) is 0 Å². The van der Waals surface area contributed by atoms with Crippen LogP contribution in [0.1, 0.15) is 28.4 Å². The highest BCUT2D eigenvalue weighted by molar-refractivity contribution is 9.10. The lowest BCUT2D eigenvalue weighted by molar-refractivity contribution is 0.214. The van der Waals surface area contributed by atoms with Crippen LogP contribution in [0.5, 0.6) is 0 Å². The highest BCUT2D eigenvalue weighted by Gasteiger charge is 2.18. The summed E-state index contributed by atoms with van der Waals surface area (Å²) < 4.78 is 14.3. The van der Waals surface area contributed by atoms with E-state index in [9.17, 15) is 9.50 Å². The summed E-state index contributed by atoms with van der Waals surface area (Å²) in [4.78, 5) is 0. The molecule has 0 spiro atoms. The number of aliphatic hydroxyl groups is 1. The summed E-state index contributed by atoms with van der Waals surface area (Å²) in [6.45, 7) is 3.91. The largest absolute Gasteiger partial charge is 0.384 e. The van der Waals surface area contributed by atoms with Crippen molar-refractivity contribution in [1.29, 1.82) is 0 Å². The van der Waals surface area contributed by atoms with E-state index in [1.54, 1.807) is 18.2 Å². The molecule has 1 N–H and O–H groups in total. The Morgan fingerprint density at radius 2 is 1.83 bits per heavy atom. The average molecular weight is 309 g/mol. The van der Waals surface area contributed by atoms with Crippen LogP contribution < -0.4 is 0 Å². The van der Waals surface area contributed by atoms with E-state index >= 15 is 0 Å². The van der Waals surface area contributed by atoms with Gasteiger partial charge >= 0.3 is 0 Å². The van der Waals surface area contributed by atoms with Crippen molar-refractivity contribution < 1.29 is 9.50 Å². The summed E-state index contributed by atoms with van der Waals surface area (Å²) in [7, 11) is 0. The zero-order valence-electron chi connectivity index (χ0n) is 10.2. The molecule has 1 atom stereocenters. The minimum Gasteiger partial charge on any atom is -0.384 e. The van der Waals surface area contributed by atoms with E-state index in [2.05, 4.69) is 15.9 Å². The van der Waals surface area contributed by atoms with Gasteiger partial charge in [0.25, 0.3) is 0 Å². The molecule has 0 aromatic heterocycles. The van der Waals surface area contributed by atoms with Crippen molar-refractivity contribution in [1.82, 2.24) is 0 Å². The van der Waals surface area contributed by atoms with Crippen molar-refractivity contribution in [2.45, 2.75) is 20.0 Å². The Morgan fingerprint density at radius 3 is 2.50 bits per heavy atom. The van der Waals surface area contributed by atoms with Crippen LogP contribution in [0.3, 0.4) is 0 Å². The third-order valence-corrected chi connectivity index (χ3v) is 3.61. The van der Waals surface area contributed by atoms with E-state index < -0.39 is 11.9 Å². The van der Waals surface area contributed by atoms with Crippen LogP contribution in [0.4, 0.5) is 4.39 Å². The Bertz CT molecular complexity index is 581. The van der Waals surface area contributed by atoms with Gasteiger partial charge in [0.1, 0.15) is 11.9 Å². The van der Waals surface area contributed by atoms with E-state index in [0.29, 0.717) is 4.47 Å². The molecule has 2 aromatic rings. The first-order chi connectivity index (χ1) is 8.50. The first-order valence-corrected chi connectivity index (χ1v) is 6.49. The first-order valence-electron chi connectivity index (χ1n) is 5.70. The molecule has 0 amide bonds. The standard InChI is InChI=1S/C15H14BrFO/c1-9-6-7-11(10(2)8-9)15(18)12-4-3-5-13(16)14(12)17/h3-8,15,18H,1-2H3. The molecule has 0 aliphatic heterocycles. The van der Waals surface area contributed by atoms with Crippen molar-refractivity contribution >= 4 is 15.9 Å². The summed E-state index contributed by atoms with van der Waals surface area (Å²) in [5, 5.41) is 10.3. The van der Waals surface area contributed by atoms with Gasteiger partial charge in [-0.1, -0.05) is 35.9 Å². The zero-order valence-corrected chi connectivity index (χ0v) is 11.8. The summed E-state index contributed by atoms with van der Waals surface area (Å²) in [6, 6.07) is 10.7. The molecule has 3 heteroatoms. The van der Waals surface area contributed by atoms with Crippen LogP contribution in [0.2, 0.25) is 0 Å². The Kier molecular flexibility index (Phi) is 3.83. The van der Waals surface area contributed by atoms with E-state index in [1.807, 2.05) is 32.0 Å². The zero-order chi connectivity index (χ0) is 13.3. The molecule has 0 aliphatic carbocycles. The molecule has 0 aliphatic rings. The predicted molar refractivity (Wildman–Crippen MR) is 74.1 cm³/mol. The molecule has 0 bridgehead atoms. The van der Waals surface area contributed by atoms with Gasteiger partial charge < -0.3 is 5.11 Å². The van der Waals surface area contributed by atoms with Gasteiger partial charge in [0, 0.05) is 5.56 Å². The molecule has 0 radical (unpaired) electrons. The fourth-order valence-electron chi connectivity index (χ4n) is 2.03. The maximum absolute atomic E-state index is 13.9. The van der Waals surface area contributed by atoms with Gasteiger partial charge in [-0.3, -0.25) is 0 Å². The smallest absolute Gasteiger partial charge is 0.143 e. The minimum absolute atomic E-state index is 0.288. The van der Waals surface area contributed by atoms with Gasteiger partial charge in [0.15, 0.2) is 0 Å². The van der Waals surface area contributed by atoms with E-state index in [1.165, 1.54) is 0 Å². The van der Waals surface area contributed by atoms with Crippen LogP contribution in [0, 0.1) is 19.7 Å². The molecule has 0 saturated carbocycles. The molecular weight excluding hydrogens is 295 g/mol. The van der Waals surface area contributed by atoms with Crippen LogP contribution in [0.15, 0.2) is 40.9 Å². The highest BCUT2D eigenvalue weighted by atomic mass is 79.9. The van der Waals surface area contributed by atoms with E-state index in [4.69, 9.17) is 0 Å². The summed E-state index contributed by atoms with van der Waals surface area (Å²) >= 11 is 3.13. The van der Waals surface area contributed by atoms with Crippen LogP contribution in [-0.4, -0.2) is 5.11 Å². The Hall–Kier alpha value is -1.19. The average Bonchev–Trinajstić information content (AvgIpc) is 2.32. The number of rotatable bonds is 2. The van der Waals surface area contributed by atoms with Gasteiger partial charge in [-0.25, -0.2) is 4.39 Å². The fourth-order valence-corrected chi connectivity index (χ4v) is 2.41. The molecule has 94 valence electrons. The lowest BCUT2D eigenvalue weighted by atomic mass is 9.96. The normalized spacial score (nSPS) is 12.5. The van der Waals surface area contributed by atoms with Gasteiger partial charge in [-0.05, 0) is 47.0 Å². The van der Waals surface area contributed by atoms with Crippen molar-refractivity contribution in [2.24, 2.45) is 0 Å². The maximum Gasteiger partial charge on any atom is 0.143 e. The second-order valence-electron chi connectivity index (χ2n) is 4.41. The number of aryl methyl sites for hydroxylation is 2. The third kappa shape index (κ3) is 2.47. The Morgan fingerprint density at radius 1 is 1.11 bits per heavy atom. The van der Waals surface area contributed by atoms with Crippen molar-refractivity contribution in [3.63, 3.8) is 0 Å². The number of hydrogen-bond acceptors (Lipinski definition) is 1. The molecule has 18 heavy (non-hydrogen) atoms. The topological polar surface area (TPSA) is 20.2 Å². The van der Waals surface area contributed by atoms with Crippen LogP contribution >= 0.6 is 15.9 Å². The summed E-state index contributed by atoms with van der Waals surface area (Å²) in [5.74, 6) is -0.412. The molecular formula is C15H14BrFO. The van der Waals surface area contributed by atoms with E-state index in [-0.39, 0.29) is 5.56 Å². The Labute approximate surface area is 114 Å². The molecule has 1 unspecified atom stereocenters. The SMILES string of the molecule is Cc1ccc(C(O)c2cccc(Br)c2F)c(C)c1. The van der Waals surface area contributed by atoms with Gasteiger partial charge in [0.2, 0.25) is 0 Å². The van der Waals surface area contributed by atoms with E-state index in [0.717, 1.165) is 16.7 Å².